The molecule has 2 aliphatic rings. The van der Waals surface area contributed by atoms with Crippen molar-refractivity contribution in [3.63, 3.8) is 0 Å². The number of nitrogens with one attached hydrogen (secondary N) is 1. The molecule has 1 aromatic rings. The summed E-state index contributed by atoms with van der Waals surface area (Å²) in [5.74, 6) is 1.16. The van der Waals surface area contributed by atoms with Crippen LogP contribution in [0.2, 0.25) is 0 Å². The Morgan fingerprint density at radius 1 is 1.12 bits per heavy atom. The zero-order valence-electron chi connectivity index (χ0n) is 9.94. The van der Waals surface area contributed by atoms with Gasteiger partial charge in [0.25, 0.3) is 0 Å². The van der Waals surface area contributed by atoms with E-state index in [1.54, 1.807) is 5.56 Å². The van der Waals surface area contributed by atoms with Crippen LogP contribution in [0.4, 0.5) is 0 Å². The summed E-state index contributed by atoms with van der Waals surface area (Å²) >= 11 is 0. The van der Waals surface area contributed by atoms with Gasteiger partial charge in [0.15, 0.2) is 0 Å². The third kappa shape index (κ3) is 1.61. The van der Waals surface area contributed by atoms with Gasteiger partial charge in [0.05, 0.1) is 6.61 Å². The number of fused-ring (bicyclic) bond motifs is 2. The average Bonchev–Trinajstić information content (AvgIpc) is 2.55. The van der Waals surface area contributed by atoms with Crippen molar-refractivity contribution >= 4 is 0 Å². The summed E-state index contributed by atoms with van der Waals surface area (Å²) in [5.41, 5.74) is 6.04. The summed E-state index contributed by atoms with van der Waals surface area (Å²) in [6, 6.07) is 2.30. The SMILES string of the molecule is Cc1c2c(cc3c1CCCO3)CCNCC2. The van der Waals surface area contributed by atoms with Gasteiger partial charge in [-0.3, -0.25) is 0 Å². The maximum Gasteiger partial charge on any atom is 0.123 e. The highest BCUT2D eigenvalue weighted by Gasteiger charge is 2.19. The molecule has 0 aliphatic carbocycles. The first-order valence-corrected chi connectivity index (χ1v) is 6.34. The summed E-state index contributed by atoms with van der Waals surface area (Å²) in [5, 5.41) is 3.47. The molecule has 0 atom stereocenters. The van der Waals surface area contributed by atoms with E-state index >= 15 is 0 Å². The Bertz CT molecular complexity index is 412. The maximum absolute atomic E-state index is 5.79. The summed E-state index contributed by atoms with van der Waals surface area (Å²) in [6.07, 6.45) is 4.69. The number of rotatable bonds is 0. The van der Waals surface area contributed by atoms with E-state index in [2.05, 4.69) is 18.3 Å². The molecule has 0 radical (unpaired) electrons. The molecule has 0 amide bonds. The summed E-state index contributed by atoms with van der Waals surface area (Å²) in [7, 11) is 0. The molecule has 0 fully saturated rings. The minimum atomic E-state index is 0.892. The van der Waals surface area contributed by atoms with Gasteiger partial charge in [0.2, 0.25) is 0 Å². The standard InChI is InChI=1S/C14H19NO/c1-10-12-5-7-15-6-4-11(12)9-14-13(10)3-2-8-16-14/h9,15H,2-8H2,1H3. The highest BCUT2D eigenvalue weighted by Crippen LogP contribution is 2.33. The van der Waals surface area contributed by atoms with Crippen molar-refractivity contribution in [3.8, 4) is 5.75 Å². The second-order valence-corrected chi connectivity index (χ2v) is 4.82. The molecule has 2 heterocycles. The molecule has 1 N–H and O–H groups in total. The van der Waals surface area contributed by atoms with Gasteiger partial charge in [0, 0.05) is 0 Å². The van der Waals surface area contributed by atoms with Gasteiger partial charge in [-0.2, -0.15) is 0 Å². The van der Waals surface area contributed by atoms with Crippen LogP contribution in [-0.4, -0.2) is 19.7 Å². The molecule has 86 valence electrons. The Morgan fingerprint density at radius 2 is 2.00 bits per heavy atom. The van der Waals surface area contributed by atoms with E-state index in [0.29, 0.717) is 0 Å². The normalized spacial score (nSPS) is 19.3. The third-order valence-electron chi connectivity index (χ3n) is 3.85. The van der Waals surface area contributed by atoms with E-state index in [4.69, 9.17) is 4.74 Å². The Labute approximate surface area is 97.0 Å². The summed E-state index contributed by atoms with van der Waals surface area (Å²) in [6.45, 7) is 5.39. The van der Waals surface area contributed by atoms with Crippen molar-refractivity contribution in [1.82, 2.24) is 5.32 Å². The van der Waals surface area contributed by atoms with Gasteiger partial charge < -0.3 is 10.1 Å². The molecule has 0 aromatic heterocycles. The van der Waals surface area contributed by atoms with E-state index in [1.807, 2.05) is 0 Å². The lowest BCUT2D eigenvalue weighted by atomic mass is 9.90. The summed E-state index contributed by atoms with van der Waals surface area (Å²) < 4.78 is 5.79. The molecule has 1 aromatic carbocycles. The fourth-order valence-corrected chi connectivity index (χ4v) is 2.94. The summed E-state index contributed by atoms with van der Waals surface area (Å²) in [4.78, 5) is 0. The van der Waals surface area contributed by atoms with Crippen LogP contribution in [0.3, 0.4) is 0 Å². The zero-order valence-corrected chi connectivity index (χ0v) is 9.94. The fourth-order valence-electron chi connectivity index (χ4n) is 2.94. The van der Waals surface area contributed by atoms with Crippen molar-refractivity contribution in [2.75, 3.05) is 19.7 Å². The molecule has 0 saturated carbocycles. The van der Waals surface area contributed by atoms with E-state index in [-0.39, 0.29) is 0 Å². The number of hydrogen-bond acceptors (Lipinski definition) is 2. The fraction of sp³-hybridized carbons (Fsp3) is 0.571. The van der Waals surface area contributed by atoms with Crippen molar-refractivity contribution in [1.29, 1.82) is 0 Å². The van der Waals surface area contributed by atoms with Crippen LogP contribution in [0.5, 0.6) is 5.75 Å². The first-order valence-electron chi connectivity index (χ1n) is 6.34. The number of benzene rings is 1. The van der Waals surface area contributed by atoms with E-state index < -0.39 is 0 Å². The third-order valence-corrected chi connectivity index (χ3v) is 3.85. The van der Waals surface area contributed by atoms with Crippen LogP contribution in [0.15, 0.2) is 6.07 Å². The lowest BCUT2D eigenvalue weighted by Gasteiger charge is -2.23. The van der Waals surface area contributed by atoms with Crippen molar-refractivity contribution in [3.05, 3.63) is 28.3 Å². The molecule has 0 unspecified atom stereocenters. The average molecular weight is 217 g/mol. The zero-order chi connectivity index (χ0) is 11.0. The second kappa shape index (κ2) is 4.10. The van der Waals surface area contributed by atoms with Crippen molar-refractivity contribution < 1.29 is 4.74 Å². The molecule has 0 saturated heterocycles. The Kier molecular flexibility index (Phi) is 2.60. The van der Waals surface area contributed by atoms with E-state index in [1.165, 1.54) is 36.0 Å². The minimum Gasteiger partial charge on any atom is -0.493 e. The maximum atomic E-state index is 5.79. The topological polar surface area (TPSA) is 21.3 Å². The lowest BCUT2D eigenvalue weighted by molar-refractivity contribution is 0.287. The van der Waals surface area contributed by atoms with Gasteiger partial charge in [0.1, 0.15) is 5.75 Å². The van der Waals surface area contributed by atoms with Crippen LogP contribution < -0.4 is 10.1 Å². The number of hydrogen-bond donors (Lipinski definition) is 1. The predicted molar refractivity (Wildman–Crippen MR) is 65.3 cm³/mol. The van der Waals surface area contributed by atoms with Crippen LogP contribution in [0, 0.1) is 6.92 Å². The first kappa shape index (κ1) is 10.2. The first-order chi connectivity index (χ1) is 7.86. The lowest BCUT2D eigenvalue weighted by Crippen LogP contribution is -2.16. The van der Waals surface area contributed by atoms with Gasteiger partial charge >= 0.3 is 0 Å². The second-order valence-electron chi connectivity index (χ2n) is 4.82. The van der Waals surface area contributed by atoms with Crippen LogP contribution >= 0.6 is 0 Å². The monoisotopic (exact) mass is 217 g/mol. The Balaban J connectivity index is 2.12. The van der Waals surface area contributed by atoms with Crippen molar-refractivity contribution in [2.45, 2.75) is 32.6 Å². The Hall–Kier alpha value is -1.02. The quantitative estimate of drug-likeness (QED) is 0.717. The number of ether oxygens (including phenoxy) is 1. The largest absolute Gasteiger partial charge is 0.493 e. The smallest absolute Gasteiger partial charge is 0.123 e. The molecular formula is C14H19NO. The molecule has 0 spiro atoms. The highest BCUT2D eigenvalue weighted by molar-refractivity contribution is 5.50. The molecule has 16 heavy (non-hydrogen) atoms. The molecule has 3 rings (SSSR count). The van der Waals surface area contributed by atoms with Gasteiger partial charge in [-0.05, 0) is 74.0 Å². The Morgan fingerprint density at radius 3 is 2.94 bits per heavy atom. The van der Waals surface area contributed by atoms with E-state index in [9.17, 15) is 0 Å². The molecule has 2 heteroatoms. The van der Waals surface area contributed by atoms with Crippen molar-refractivity contribution in [2.24, 2.45) is 0 Å². The van der Waals surface area contributed by atoms with Crippen LogP contribution in [-0.2, 0) is 19.3 Å². The molecule has 2 nitrogen and oxygen atoms in total. The van der Waals surface area contributed by atoms with Crippen LogP contribution in [0.25, 0.3) is 0 Å². The van der Waals surface area contributed by atoms with Gasteiger partial charge in [-0.15, -0.1) is 0 Å². The molecule has 2 aliphatic heterocycles. The van der Waals surface area contributed by atoms with E-state index in [0.717, 1.165) is 31.9 Å². The highest BCUT2D eigenvalue weighted by atomic mass is 16.5. The van der Waals surface area contributed by atoms with Gasteiger partial charge in [-0.1, -0.05) is 0 Å². The minimum absolute atomic E-state index is 0.892. The molecular weight excluding hydrogens is 198 g/mol. The molecule has 0 bridgehead atoms. The van der Waals surface area contributed by atoms with Crippen LogP contribution in [0.1, 0.15) is 28.7 Å². The predicted octanol–water partition coefficient (Wildman–Crippen LogP) is 2.01. The van der Waals surface area contributed by atoms with Gasteiger partial charge in [-0.25, -0.2) is 0 Å².